The van der Waals surface area contributed by atoms with Gasteiger partial charge in [0, 0.05) is 37.4 Å². The zero-order chi connectivity index (χ0) is 15.3. The fourth-order valence-corrected chi connectivity index (χ4v) is 1.84. The van der Waals surface area contributed by atoms with Crippen LogP contribution in [0.15, 0.2) is 18.2 Å². The molecule has 0 fully saturated rings. The molecule has 0 bridgehead atoms. The summed E-state index contributed by atoms with van der Waals surface area (Å²) < 4.78 is 5.19. The van der Waals surface area contributed by atoms with E-state index in [2.05, 4.69) is 5.32 Å². The number of nitrogen functional groups attached to an aromatic ring is 1. The van der Waals surface area contributed by atoms with Crippen LogP contribution in [0.25, 0.3) is 0 Å². The Balaban J connectivity index is 2.58. The van der Waals surface area contributed by atoms with E-state index in [0.717, 1.165) is 11.3 Å². The van der Waals surface area contributed by atoms with Gasteiger partial charge in [0.05, 0.1) is 6.61 Å². The number of carbonyl (C=O) groups is 1. The Kier molecular flexibility index (Phi) is 5.25. The predicted molar refractivity (Wildman–Crippen MR) is 83.1 cm³/mol. The van der Waals surface area contributed by atoms with Crippen LogP contribution >= 0.6 is 0 Å². The molecule has 0 aliphatic rings. The van der Waals surface area contributed by atoms with Crippen molar-refractivity contribution in [2.24, 2.45) is 0 Å². The summed E-state index contributed by atoms with van der Waals surface area (Å²) in [6.07, 6.45) is 0.239. The highest BCUT2D eigenvalue weighted by molar-refractivity contribution is 5.68. The Labute approximate surface area is 121 Å². The summed E-state index contributed by atoms with van der Waals surface area (Å²) in [5.74, 6) is 0. The number of carbonyl (C=O) groups excluding carboxylic acids is 1. The molecule has 1 amide bonds. The van der Waals surface area contributed by atoms with Crippen molar-refractivity contribution in [3.8, 4) is 0 Å². The summed E-state index contributed by atoms with van der Waals surface area (Å²) in [6, 6.07) is 5.76. The third-order valence-electron chi connectivity index (χ3n) is 2.67. The van der Waals surface area contributed by atoms with Gasteiger partial charge < -0.3 is 20.7 Å². The average molecular weight is 279 g/mol. The van der Waals surface area contributed by atoms with Crippen molar-refractivity contribution in [3.05, 3.63) is 23.8 Å². The number of hydrogen-bond donors (Lipinski definition) is 2. The lowest BCUT2D eigenvalue weighted by Crippen LogP contribution is -2.41. The minimum atomic E-state index is -0.396. The van der Waals surface area contributed by atoms with Crippen LogP contribution in [-0.2, 0) is 11.2 Å². The molecule has 112 valence electrons. The summed E-state index contributed by atoms with van der Waals surface area (Å²) in [4.78, 5) is 13.6. The molecule has 1 rings (SSSR count). The molecule has 0 radical (unpaired) electrons. The molecule has 0 unspecified atom stereocenters. The number of alkyl carbamates (subject to hydrolysis) is 1. The number of amides is 1. The second-order valence-corrected chi connectivity index (χ2v) is 6.04. The fraction of sp³-hybridized carbons (Fsp3) is 0.533. The second kappa shape index (κ2) is 6.50. The van der Waals surface area contributed by atoms with Crippen LogP contribution in [0.5, 0.6) is 0 Å². The number of ether oxygens (including phenoxy) is 1. The molecular weight excluding hydrogens is 254 g/mol. The molecule has 3 N–H and O–H groups in total. The van der Waals surface area contributed by atoms with E-state index >= 15 is 0 Å². The lowest BCUT2D eigenvalue weighted by molar-refractivity contribution is 0.139. The zero-order valence-corrected chi connectivity index (χ0v) is 13.0. The van der Waals surface area contributed by atoms with E-state index in [-0.39, 0.29) is 5.54 Å². The third-order valence-corrected chi connectivity index (χ3v) is 2.67. The number of nitrogens with one attached hydrogen (secondary N) is 1. The van der Waals surface area contributed by atoms with Gasteiger partial charge in [0.1, 0.15) is 0 Å². The van der Waals surface area contributed by atoms with Crippen molar-refractivity contribution < 1.29 is 9.53 Å². The number of benzene rings is 1. The van der Waals surface area contributed by atoms with Gasteiger partial charge >= 0.3 is 6.09 Å². The summed E-state index contributed by atoms with van der Waals surface area (Å²) >= 11 is 0. The van der Waals surface area contributed by atoms with E-state index in [0.29, 0.717) is 18.7 Å². The Morgan fingerprint density at radius 1 is 1.35 bits per heavy atom. The van der Waals surface area contributed by atoms with Crippen molar-refractivity contribution in [1.82, 2.24) is 5.32 Å². The molecule has 0 atom stereocenters. The Bertz CT molecular complexity index is 465. The minimum absolute atomic E-state index is 0.289. The van der Waals surface area contributed by atoms with Crippen molar-refractivity contribution in [3.63, 3.8) is 0 Å². The van der Waals surface area contributed by atoms with Crippen LogP contribution < -0.4 is 16.0 Å². The van der Waals surface area contributed by atoms with Crippen molar-refractivity contribution in [1.29, 1.82) is 0 Å². The maximum atomic E-state index is 11.6. The molecule has 0 saturated carbocycles. The van der Waals surface area contributed by atoms with Gasteiger partial charge in [-0.25, -0.2) is 4.79 Å². The standard InChI is InChI=1S/C15H25N3O2/c1-15(2,3)17-14(19)20-9-8-11-10-12(16)6-7-13(11)18(4)5/h6-7,10H,8-9,16H2,1-5H3,(H,17,19). The summed E-state index contributed by atoms with van der Waals surface area (Å²) in [5.41, 5.74) is 8.38. The van der Waals surface area contributed by atoms with Gasteiger partial charge in [-0.3, -0.25) is 0 Å². The van der Waals surface area contributed by atoms with Gasteiger partial charge in [-0.05, 0) is 44.5 Å². The SMILES string of the molecule is CN(C)c1ccc(N)cc1CCOC(=O)NC(C)(C)C. The normalized spacial score (nSPS) is 11.1. The smallest absolute Gasteiger partial charge is 0.407 e. The van der Waals surface area contributed by atoms with E-state index in [1.165, 1.54) is 0 Å². The highest BCUT2D eigenvalue weighted by atomic mass is 16.5. The van der Waals surface area contributed by atoms with Crippen molar-refractivity contribution in [2.75, 3.05) is 31.3 Å². The predicted octanol–water partition coefficient (Wildman–Crippen LogP) is 2.40. The molecule has 0 saturated heterocycles. The van der Waals surface area contributed by atoms with E-state index < -0.39 is 6.09 Å². The zero-order valence-electron chi connectivity index (χ0n) is 13.0. The maximum absolute atomic E-state index is 11.6. The van der Waals surface area contributed by atoms with Gasteiger partial charge in [0.25, 0.3) is 0 Å². The first-order chi connectivity index (χ1) is 9.19. The minimum Gasteiger partial charge on any atom is -0.449 e. The first kappa shape index (κ1) is 16.1. The van der Waals surface area contributed by atoms with E-state index in [1.807, 2.05) is 58.0 Å². The quantitative estimate of drug-likeness (QED) is 0.831. The summed E-state index contributed by atoms with van der Waals surface area (Å²) in [7, 11) is 3.95. The highest BCUT2D eigenvalue weighted by Crippen LogP contribution is 2.21. The lowest BCUT2D eigenvalue weighted by Gasteiger charge is -2.21. The molecule has 0 aliphatic heterocycles. The number of rotatable bonds is 4. The third kappa shape index (κ3) is 5.38. The topological polar surface area (TPSA) is 67.6 Å². The molecule has 5 heteroatoms. The molecule has 0 aromatic heterocycles. The molecule has 5 nitrogen and oxygen atoms in total. The monoisotopic (exact) mass is 279 g/mol. The van der Waals surface area contributed by atoms with E-state index in [9.17, 15) is 4.79 Å². The fourth-order valence-electron chi connectivity index (χ4n) is 1.84. The van der Waals surface area contributed by atoms with Crippen LogP contribution in [0, 0.1) is 0 Å². The van der Waals surface area contributed by atoms with Crippen LogP contribution in [0.2, 0.25) is 0 Å². The summed E-state index contributed by atoms with van der Waals surface area (Å²) in [5, 5.41) is 2.76. The van der Waals surface area contributed by atoms with Gasteiger partial charge in [-0.1, -0.05) is 0 Å². The maximum Gasteiger partial charge on any atom is 0.407 e. The first-order valence-electron chi connectivity index (χ1n) is 6.70. The number of hydrogen-bond acceptors (Lipinski definition) is 4. The molecule has 1 aromatic carbocycles. The van der Waals surface area contributed by atoms with Crippen LogP contribution in [0.1, 0.15) is 26.3 Å². The molecule has 0 aliphatic carbocycles. The van der Waals surface area contributed by atoms with Crippen LogP contribution in [0.4, 0.5) is 16.2 Å². The Morgan fingerprint density at radius 3 is 2.55 bits per heavy atom. The Hall–Kier alpha value is -1.91. The van der Waals surface area contributed by atoms with Crippen LogP contribution in [-0.4, -0.2) is 32.3 Å². The van der Waals surface area contributed by atoms with Gasteiger partial charge in [0.15, 0.2) is 0 Å². The van der Waals surface area contributed by atoms with E-state index in [4.69, 9.17) is 10.5 Å². The molecule has 0 spiro atoms. The Morgan fingerprint density at radius 2 is 2.00 bits per heavy atom. The summed E-state index contributed by atoms with van der Waals surface area (Å²) in [6.45, 7) is 6.06. The average Bonchev–Trinajstić information content (AvgIpc) is 2.26. The van der Waals surface area contributed by atoms with Crippen molar-refractivity contribution in [2.45, 2.75) is 32.7 Å². The molecule has 20 heavy (non-hydrogen) atoms. The molecular formula is C15H25N3O2. The number of anilines is 2. The molecule has 0 heterocycles. The lowest BCUT2D eigenvalue weighted by atomic mass is 10.1. The second-order valence-electron chi connectivity index (χ2n) is 6.04. The highest BCUT2D eigenvalue weighted by Gasteiger charge is 2.14. The van der Waals surface area contributed by atoms with Crippen LogP contribution in [0.3, 0.4) is 0 Å². The van der Waals surface area contributed by atoms with Gasteiger partial charge in [-0.2, -0.15) is 0 Å². The largest absolute Gasteiger partial charge is 0.449 e. The number of nitrogens with zero attached hydrogens (tertiary/aromatic N) is 1. The van der Waals surface area contributed by atoms with Gasteiger partial charge in [-0.15, -0.1) is 0 Å². The van der Waals surface area contributed by atoms with E-state index in [1.54, 1.807) is 0 Å². The molecule has 1 aromatic rings. The van der Waals surface area contributed by atoms with Crippen molar-refractivity contribution >= 4 is 17.5 Å². The first-order valence-corrected chi connectivity index (χ1v) is 6.70. The number of nitrogens with two attached hydrogens (primary N) is 1. The van der Waals surface area contributed by atoms with Gasteiger partial charge in [0.2, 0.25) is 0 Å².